The lowest BCUT2D eigenvalue weighted by Crippen LogP contribution is -2.42. The third-order valence-electron chi connectivity index (χ3n) is 4.22. The molecular weight excluding hydrogens is 322 g/mol. The van der Waals surface area contributed by atoms with Crippen LogP contribution in [0, 0.1) is 16.0 Å². The highest BCUT2D eigenvalue weighted by atomic mass is 32.2. The van der Waals surface area contributed by atoms with Gasteiger partial charge in [0.1, 0.15) is 10.6 Å². The molecule has 0 saturated carbocycles. The molecule has 1 atom stereocenters. The SMILES string of the molecule is COc1ccc([N+](=O)[O-])cc1S(=O)(=O)N1CCC(C(C)N)CC1. The Balaban J connectivity index is 2.33. The Morgan fingerprint density at radius 1 is 1.39 bits per heavy atom. The van der Waals surface area contributed by atoms with Gasteiger partial charge in [-0.1, -0.05) is 0 Å². The van der Waals surface area contributed by atoms with Gasteiger partial charge in [-0.2, -0.15) is 4.31 Å². The first-order valence-corrected chi connectivity index (χ1v) is 8.79. The van der Waals surface area contributed by atoms with Crippen LogP contribution in [0.5, 0.6) is 5.75 Å². The van der Waals surface area contributed by atoms with E-state index in [1.165, 1.54) is 23.5 Å². The minimum Gasteiger partial charge on any atom is -0.495 e. The van der Waals surface area contributed by atoms with E-state index in [4.69, 9.17) is 10.5 Å². The molecule has 128 valence electrons. The van der Waals surface area contributed by atoms with E-state index in [1.807, 2.05) is 6.92 Å². The molecule has 0 aliphatic carbocycles. The summed E-state index contributed by atoms with van der Waals surface area (Å²) in [6.07, 6.45) is 1.35. The first kappa shape index (κ1) is 17.6. The number of methoxy groups -OCH3 is 1. The Kier molecular flexibility index (Phi) is 5.23. The van der Waals surface area contributed by atoms with Gasteiger partial charge in [0.25, 0.3) is 5.69 Å². The number of hydrogen-bond donors (Lipinski definition) is 1. The third kappa shape index (κ3) is 3.62. The average molecular weight is 343 g/mol. The number of piperidine rings is 1. The van der Waals surface area contributed by atoms with Gasteiger partial charge in [0.2, 0.25) is 10.0 Å². The number of nitro groups is 1. The Bertz CT molecular complexity index is 682. The molecule has 23 heavy (non-hydrogen) atoms. The molecule has 1 aromatic rings. The first-order chi connectivity index (χ1) is 10.8. The van der Waals surface area contributed by atoms with E-state index in [1.54, 1.807) is 0 Å². The van der Waals surface area contributed by atoms with Crippen LogP contribution in [-0.2, 0) is 10.0 Å². The summed E-state index contributed by atoms with van der Waals surface area (Å²) >= 11 is 0. The maximum atomic E-state index is 12.8. The molecule has 8 nitrogen and oxygen atoms in total. The quantitative estimate of drug-likeness (QED) is 0.637. The molecule has 1 aliphatic rings. The van der Waals surface area contributed by atoms with E-state index in [-0.39, 0.29) is 28.3 Å². The average Bonchev–Trinajstić information content (AvgIpc) is 2.54. The highest BCUT2D eigenvalue weighted by Gasteiger charge is 2.33. The van der Waals surface area contributed by atoms with Gasteiger partial charge in [-0.3, -0.25) is 10.1 Å². The number of rotatable bonds is 5. The number of benzene rings is 1. The van der Waals surface area contributed by atoms with Crippen LogP contribution >= 0.6 is 0 Å². The molecule has 9 heteroatoms. The predicted octanol–water partition coefficient (Wildman–Crippen LogP) is 1.35. The summed E-state index contributed by atoms with van der Waals surface area (Å²) in [6, 6.07) is 3.60. The fraction of sp³-hybridized carbons (Fsp3) is 0.571. The van der Waals surface area contributed by atoms with E-state index < -0.39 is 14.9 Å². The number of non-ortho nitro benzene ring substituents is 1. The number of nitro benzene ring substituents is 1. The summed E-state index contributed by atoms with van der Waals surface area (Å²) in [4.78, 5) is 10.1. The summed E-state index contributed by atoms with van der Waals surface area (Å²) in [6.45, 7) is 2.61. The minimum atomic E-state index is -3.85. The van der Waals surface area contributed by atoms with Crippen molar-refractivity contribution in [2.24, 2.45) is 11.7 Å². The Morgan fingerprint density at radius 2 is 2.00 bits per heavy atom. The van der Waals surface area contributed by atoms with Crippen molar-refractivity contribution in [1.29, 1.82) is 0 Å². The highest BCUT2D eigenvalue weighted by Crippen LogP contribution is 2.32. The molecule has 1 aliphatic heterocycles. The van der Waals surface area contributed by atoms with Crippen molar-refractivity contribution in [3.05, 3.63) is 28.3 Å². The molecular formula is C14H21N3O5S. The zero-order valence-corrected chi connectivity index (χ0v) is 14.0. The summed E-state index contributed by atoms with van der Waals surface area (Å²) in [5, 5.41) is 10.9. The number of hydrogen-bond acceptors (Lipinski definition) is 6. The van der Waals surface area contributed by atoms with Gasteiger partial charge in [-0.25, -0.2) is 8.42 Å². The molecule has 2 N–H and O–H groups in total. The van der Waals surface area contributed by atoms with Crippen LogP contribution in [0.15, 0.2) is 23.1 Å². The van der Waals surface area contributed by atoms with Crippen molar-refractivity contribution in [3.8, 4) is 5.75 Å². The van der Waals surface area contributed by atoms with Gasteiger partial charge in [-0.15, -0.1) is 0 Å². The number of ether oxygens (including phenoxy) is 1. The van der Waals surface area contributed by atoms with Crippen LogP contribution in [0.25, 0.3) is 0 Å². The lowest BCUT2D eigenvalue weighted by Gasteiger charge is -2.33. The highest BCUT2D eigenvalue weighted by molar-refractivity contribution is 7.89. The van der Waals surface area contributed by atoms with Crippen molar-refractivity contribution in [1.82, 2.24) is 4.31 Å². The van der Waals surface area contributed by atoms with Crippen molar-refractivity contribution < 1.29 is 18.1 Å². The molecule has 1 heterocycles. The van der Waals surface area contributed by atoms with Crippen molar-refractivity contribution in [2.75, 3.05) is 20.2 Å². The number of nitrogens with two attached hydrogens (primary N) is 1. The smallest absolute Gasteiger partial charge is 0.271 e. The Morgan fingerprint density at radius 3 is 2.48 bits per heavy atom. The topological polar surface area (TPSA) is 116 Å². The van der Waals surface area contributed by atoms with Gasteiger partial charge >= 0.3 is 0 Å². The van der Waals surface area contributed by atoms with Crippen LogP contribution in [0.2, 0.25) is 0 Å². The molecule has 0 bridgehead atoms. The summed E-state index contributed by atoms with van der Waals surface area (Å²) < 4.78 is 32.0. The molecule has 1 unspecified atom stereocenters. The maximum Gasteiger partial charge on any atom is 0.271 e. The lowest BCUT2D eigenvalue weighted by atomic mass is 9.92. The normalized spacial score (nSPS) is 18.6. The van der Waals surface area contributed by atoms with E-state index >= 15 is 0 Å². The zero-order valence-electron chi connectivity index (χ0n) is 13.1. The van der Waals surface area contributed by atoms with Crippen molar-refractivity contribution in [3.63, 3.8) is 0 Å². The van der Waals surface area contributed by atoms with Crippen molar-refractivity contribution in [2.45, 2.75) is 30.7 Å². The molecule has 0 spiro atoms. The molecule has 0 radical (unpaired) electrons. The Hall–Kier alpha value is -1.71. The van der Waals surface area contributed by atoms with Crippen LogP contribution in [-0.4, -0.2) is 43.9 Å². The zero-order chi connectivity index (χ0) is 17.2. The number of nitrogens with zero attached hydrogens (tertiary/aromatic N) is 2. The summed E-state index contributed by atoms with van der Waals surface area (Å²) in [5.41, 5.74) is 5.59. The fourth-order valence-electron chi connectivity index (χ4n) is 2.76. The first-order valence-electron chi connectivity index (χ1n) is 7.35. The summed E-state index contributed by atoms with van der Waals surface area (Å²) in [5.74, 6) is 0.387. The second kappa shape index (κ2) is 6.81. The van der Waals surface area contributed by atoms with Crippen LogP contribution in [0.3, 0.4) is 0 Å². The monoisotopic (exact) mass is 343 g/mol. The van der Waals surface area contributed by atoms with E-state index in [9.17, 15) is 18.5 Å². The standard InChI is InChI=1S/C14H21N3O5S/c1-10(15)11-5-7-16(8-6-11)23(20,21)14-9-12(17(18)19)3-4-13(14)22-2/h3-4,9-11H,5-8,15H2,1-2H3. The molecule has 1 saturated heterocycles. The summed E-state index contributed by atoms with van der Waals surface area (Å²) in [7, 11) is -2.51. The number of sulfonamides is 1. The van der Waals surface area contributed by atoms with Gasteiger partial charge in [0.15, 0.2) is 0 Å². The second-order valence-electron chi connectivity index (χ2n) is 5.69. The van der Waals surface area contributed by atoms with Gasteiger partial charge in [-0.05, 0) is 31.7 Å². The van der Waals surface area contributed by atoms with Crippen molar-refractivity contribution >= 4 is 15.7 Å². The van der Waals surface area contributed by atoms with Gasteiger partial charge in [0.05, 0.1) is 12.0 Å². The molecule has 1 fully saturated rings. The fourth-order valence-corrected chi connectivity index (χ4v) is 4.41. The largest absolute Gasteiger partial charge is 0.495 e. The van der Waals surface area contributed by atoms with E-state index in [0.29, 0.717) is 25.9 Å². The van der Waals surface area contributed by atoms with Gasteiger partial charge < -0.3 is 10.5 Å². The van der Waals surface area contributed by atoms with Crippen LogP contribution < -0.4 is 10.5 Å². The lowest BCUT2D eigenvalue weighted by molar-refractivity contribution is -0.385. The Labute approximate surface area is 135 Å². The molecule has 2 rings (SSSR count). The van der Waals surface area contributed by atoms with E-state index in [0.717, 1.165) is 6.07 Å². The molecule has 1 aromatic carbocycles. The van der Waals surface area contributed by atoms with Gasteiger partial charge in [0, 0.05) is 31.3 Å². The van der Waals surface area contributed by atoms with E-state index in [2.05, 4.69) is 0 Å². The second-order valence-corrected chi connectivity index (χ2v) is 7.60. The minimum absolute atomic E-state index is 0.0206. The van der Waals surface area contributed by atoms with Crippen LogP contribution in [0.1, 0.15) is 19.8 Å². The molecule has 0 aromatic heterocycles. The third-order valence-corrected chi connectivity index (χ3v) is 6.14. The maximum absolute atomic E-state index is 12.8. The molecule has 0 amide bonds. The predicted molar refractivity (Wildman–Crippen MR) is 84.8 cm³/mol. The van der Waals surface area contributed by atoms with Crippen LogP contribution in [0.4, 0.5) is 5.69 Å².